The van der Waals surface area contributed by atoms with Crippen LogP contribution in [0.3, 0.4) is 0 Å². The highest BCUT2D eigenvalue weighted by molar-refractivity contribution is 5.73. The van der Waals surface area contributed by atoms with Gasteiger partial charge in [0, 0.05) is 37.5 Å². The first-order valence-electron chi connectivity index (χ1n) is 7.27. The Morgan fingerprint density at radius 1 is 1.50 bits per heavy atom. The summed E-state index contributed by atoms with van der Waals surface area (Å²) in [5.41, 5.74) is 1.14. The molecule has 1 saturated heterocycles. The first-order valence-corrected chi connectivity index (χ1v) is 7.27. The summed E-state index contributed by atoms with van der Waals surface area (Å²) in [5.74, 6) is 0.997. The van der Waals surface area contributed by atoms with Gasteiger partial charge in [-0.1, -0.05) is 20.8 Å². The van der Waals surface area contributed by atoms with Gasteiger partial charge in [-0.2, -0.15) is 0 Å². The van der Waals surface area contributed by atoms with Gasteiger partial charge in [0.2, 0.25) is 5.91 Å². The molecule has 0 aliphatic carbocycles. The van der Waals surface area contributed by atoms with Crippen molar-refractivity contribution < 1.29 is 4.79 Å². The summed E-state index contributed by atoms with van der Waals surface area (Å²) in [4.78, 5) is 22.1. The Hall–Kier alpha value is -1.65. The number of rotatable bonds is 4. The normalized spacial score (nSPS) is 19.2. The number of hydrogen-bond acceptors (Lipinski definition) is 4. The third-order valence-corrected chi connectivity index (χ3v) is 4.15. The number of amides is 1. The van der Waals surface area contributed by atoms with E-state index in [0.29, 0.717) is 0 Å². The Morgan fingerprint density at radius 3 is 2.90 bits per heavy atom. The maximum atomic E-state index is 11.1. The molecule has 2 rings (SSSR count). The summed E-state index contributed by atoms with van der Waals surface area (Å²) in [6.07, 6.45) is 3.65. The summed E-state index contributed by atoms with van der Waals surface area (Å²) in [5, 5.41) is 2.97. The number of anilines is 1. The second-order valence-corrected chi connectivity index (χ2v) is 6.13. The lowest BCUT2D eigenvalue weighted by Crippen LogP contribution is -2.35. The van der Waals surface area contributed by atoms with Crippen molar-refractivity contribution in [3.05, 3.63) is 18.1 Å². The third kappa shape index (κ3) is 3.26. The van der Waals surface area contributed by atoms with E-state index in [4.69, 9.17) is 0 Å². The van der Waals surface area contributed by atoms with Gasteiger partial charge in [0.05, 0.1) is 5.69 Å². The lowest BCUT2D eigenvalue weighted by atomic mass is 9.86. The second-order valence-electron chi connectivity index (χ2n) is 6.13. The maximum absolute atomic E-state index is 11.1. The van der Waals surface area contributed by atoms with Crippen LogP contribution in [-0.4, -0.2) is 35.0 Å². The Morgan fingerprint density at radius 2 is 2.25 bits per heavy atom. The molecule has 1 aromatic heterocycles. The van der Waals surface area contributed by atoms with Crippen molar-refractivity contribution in [2.75, 3.05) is 18.0 Å². The molecule has 1 unspecified atom stereocenters. The van der Waals surface area contributed by atoms with Crippen molar-refractivity contribution in [2.24, 2.45) is 0 Å². The highest BCUT2D eigenvalue weighted by Gasteiger charge is 2.26. The third-order valence-electron chi connectivity index (χ3n) is 4.15. The van der Waals surface area contributed by atoms with E-state index in [1.165, 1.54) is 0 Å². The molecule has 20 heavy (non-hydrogen) atoms. The minimum absolute atomic E-state index is 0.0346. The van der Waals surface area contributed by atoms with Gasteiger partial charge in [-0.3, -0.25) is 4.79 Å². The van der Waals surface area contributed by atoms with E-state index in [2.05, 4.69) is 47.0 Å². The van der Waals surface area contributed by atoms with Crippen LogP contribution in [0.15, 0.2) is 12.4 Å². The van der Waals surface area contributed by atoms with E-state index >= 15 is 0 Å². The molecule has 0 aromatic carbocycles. The Labute approximate surface area is 120 Å². The van der Waals surface area contributed by atoms with Crippen LogP contribution in [0.2, 0.25) is 0 Å². The fourth-order valence-corrected chi connectivity index (χ4v) is 2.44. The number of nitrogens with zero attached hydrogens (tertiary/aromatic N) is 3. The topological polar surface area (TPSA) is 58.1 Å². The van der Waals surface area contributed by atoms with Gasteiger partial charge in [-0.05, 0) is 12.8 Å². The average Bonchev–Trinajstić information content (AvgIpc) is 2.86. The molecule has 110 valence electrons. The van der Waals surface area contributed by atoms with Crippen LogP contribution in [0.4, 0.5) is 5.82 Å². The molecule has 1 N–H and O–H groups in total. The molecule has 1 fully saturated rings. The highest BCUT2D eigenvalue weighted by atomic mass is 16.1. The zero-order chi connectivity index (χ0) is 14.8. The smallest absolute Gasteiger partial charge is 0.217 e. The SMILES string of the molecule is CCC(C)(C)c1cc(N2CCC(NC(C)=O)C2)ncn1. The van der Waals surface area contributed by atoms with Crippen LogP contribution in [0.25, 0.3) is 0 Å². The molecule has 0 spiro atoms. The first kappa shape index (κ1) is 14.8. The summed E-state index contributed by atoms with van der Waals surface area (Å²) in [6, 6.07) is 2.31. The lowest BCUT2D eigenvalue weighted by Gasteiger charge is -2.24. The number of aromatic nitrogens is 2. The molecule has 0 saturated carbocycles. The van der Waals surface area contributed by atoms with Crippen molar-refractivity contribution in [1.29, 1.82) is 0 Å². The van der Waals surface area contributed by atoms with Crippen LogP contribution in [-0.2, 0) is 10.2 Å². The molecule has 1 atom stereocenters. The summed E-state index contributed by atoms with van der Waals surface area (Å²) >= 11 is 0. The minimum atomic E-state index is 0.0346. The average molecular weight is 276 g/mol. The highest BCUT2D eigenvalue weighted by Crippen LogP contribution is 2.27. The molecular weight excluding hydrogens is 252 g/mol. The van der Waals surface area contributed by atoms with E-state index in [0.717, 1.165) is 37.4 Å². The van der Waals surface area contributed by atoms with Crippen molar-refractivity contribution >= 4 is 11.7 Å². The number of carbonyl (C=O) groups excluding carboxylic acids is 1. The predicted octanol–water partition coefficient (Wildman–Crippen LogP) is 1.88. The number of nitrogens with one attached hydrogen (secondary N) is 1. The molecule has 1 amide bonds. The molecule has 5 heteroatoms. The molecule has 5 nitrogen and oxygen atoms in total. The first-order chi connectivity index (χ1) is 9.42. The van der Waals surface area contributed by atoms with Crippen molar-refractivity contribution in [3.8, 4) is 0 Å². The molecule has 1 aliphatic rings. The zero-order valence-corrected chi connectivity index (χ0v) is 12.8. The monoisotopic (exact) mass is 276 g/mol. The van der Waals surface area contributed by atoms with Crippen molar-refractivity contribution in [3.63, 3.8) is 0 Å². The van der Waals surface area contributed by atoms with E-state index in [9.17, 15) is 4.79 Å². The summed E-state index contributed by atoms with van der Waals surface area (Å²) < 4.78 is 0. The molecule has 2 heterocycles. The zero-order valence-electron chi connectivity index (χ0n) is 12.8. The van der Waals surface area contributed by atoms with Gasteiger partial charge in [0.25, 0.3) is 0 Å². The number of hydrogen-bond donors (Lipinski definition) is 1. The molecule has 1 aromatic rings. The van der Waals surface area contributed by atoms with E-state index < -0.39 is 0 Å². The van der Waals surface area contributed by atoms with Gasteiger partial charge in [-0.25, -0.2) is 9.97 Å². The largest absolute Gasteiger partial charge is 0.354 e. The maximum Gasteiger partial charge on any atom is 0.217 e. The fourth-order valence-electron chi connectivity index (χ4n) is 2.44. The second kappa shape index (κ2) is 5.77. The van der Waals surface area contributed by atoms with Crippen molar-refractivity contribution in [1.82, 2.24) is 15.3 Å². The van der Waals surface area contributed by atoms with Crippen LogP contribution in [0.5, 0.6) is 0 Å². The predicted molar refractivity (Wildman–Crippen MR) is 79.8 cm³/mol. The van der Waals surface area contributed by atoms with Gasteiger partial charge >= 0.3 is 0 Å². The van der Waals surface area contributed by atoms with Crippen LogP contribution < -0.4 is 10.2 Å². The lowest BCUT2D eigenvalue weighted by molar-refractivity contribution is -0.119. The Balaban J connectivity index is 2.11. The standard InChI is InChI=1S/C15H24N4O/c1-5-15(3,4)13-8-14(17-10-16-13)19-7-6-12(9-19)18-11(2)20/h8,10,12H,5-7,9H2,1-4H3,(H,18,20). The quantitative estimate of drug-likeness (QED) is 0.912. The van der Waals surface area contributed by atoms with Crippen molar-refractivity contribution in [2.45, 2.75) is 52.0 Å². The van der Waals surface area contributed by atoms with Gasteiger partial charge in [0.1, 0.15) is 12.1 Å². The summed E-state index contributed by atoms with van der Waals surface area (Å²) in [6.45, 7) is 9.88. The fraction of sp³-hybridized carbons (Fsp3) is 0.667. The summed E-state index contributed by atoms with van der Waals surface area (Å²) in [7, 11) is 0. The van der Waals surface area contributed by atoms with Gasteiger partial charge in [0.15, 0.2) is 0 Å². The Kier molecular flexibility index (Phi) is 4.26. The van der Waals surface area contributed by atoms with Gasteiger partial charge < -0.3 is 10.2 Å². The molecule has 1 aliphatic heterocycles. The molecular formula is C15H24N4O. The number of carbonyl (C=O) groups is 1. The van der Waals surface area contributed by atoms with E-state index in [1.807, 2.05) is 0 Å². The Bertz CT molecular complexity index is 487. The van der Waals surface area contributed by atoms with Crippen LogP contribution >= 0.6 is 0 Å². The molecule has 0 bridgehead atoms. The minimum Gasteiger partial charge on any atom is -0.354 e. The van der Waals surface area contributed by atoms with Gasteiger partial charge in [-0.15, -0.1) is 0 Å². The molecule has 0 radical (unpaired) electrons. The van der Waals surface area contributed by atoms with E-state index in [-0.39, 0.29) is 17.4 Å². The van der Waals surface area contributed by atoms with Crippen LogP contribution in [0.1, 0.15) is 46.2 Å². The van der Waals surface area contributed by atoms with E-state index in [1.54, 1.807) is 13.3 Å². The van der Waals surface area contributed by atoms with Crippen LogP contribution in [0, 0.1) is 0 Å².